The second-order valence-electron chi connectivity index (χ2n) is 3.81. The van der Waals surface area contributed by atoms with Gasteiger partial charge in [-0.3, -0.25) is 4.79 Å². The fourth-order valence-corrected chi connectivity index (χ4v) is 1.47. The molecule has 17 heavy (non-hydrogen) atoms. The Kier molecular flexibility index (Phi) is 3.06. The highest BCUT2D eigenvalue weighted by Crippen LogP contribution is 2.25. The Hall–Kier alpha value is -1.56. The van der Waals surface area contributed by atoms with E-state index in [1.807, 2.05) is 0 Å². The number of alkyl halides is 3. The molecule has 1 aliphatic rings. The molecule has 92 valence electrons. The maximum Gasteiger partial charge on any atom is 0.471 e. The molecule has 1 heterocycles. The minimum Gasteiger partial charge on any atom is -0.380 e. The third kappa shape index (κ3) is 2.76. The molecular weight excluding hydrogens is 235 g/mol. The van der Waals surface area contributed by atoms with E-state index < -0.39 is 12.1 Å². The van der Waals surface area contributed by atoms with Crippen molar-refractivity contribution in [3.05, 3.63) is 29.8 Å². The first-order chi connectivity index (χ1) is 7.97. The molecule has 0 aliphatic carbocycles. The van der Waals surface area contributed by atoms with Crippen LogP contribution in [0, 0.1) is 0 Å². The number of hydrogen-bond donors (Lipinski definition) is 1. The Bertz CT molecular complexity index is 410. The molecule has 1 N–H and O–H groups in total. The number of benzene rings is 1. The number of amides is 1. The number of rotatable bonds is 2. The molecule has 3 nitrogen and oxygen atoms in total. The Morgan fingerprint density at radius 3 is 2.24 bits per heavy atom. The van der Waals surface area contributed by atoms with Gasteiger partial charge < -0.3 is 10.1 Å². The number of carbonyl (C=O) groups is 1. The molecule has 1 saturated heterocycles. The highest BCUT2D eigenvalue weighted by Gasteiger charge is 2.38. The molecule has 6 heteroatoms. The highest BCUT2D eigenvalue weighted by molar-refractivity contribution is 5.94. The quantitative estimate of drug-likeness (QED) is 0.868. The Labute approximate surface area is 95.6 Å². The molecule has 0 aromatic heterocycles. The van der Waals surface area contributed by atoms with Crippen molar-refractivity contribution in [3.63, 3.8) is 0 Å². The van der Waals surface area contributed by atoms with Crippen LogP contribution < -0.4 is 5.32 Å². The van der Waals surface area contributed by atoms with Crippen LogP contribution in [0.1, 0.15) is 11.5 Å². The maximum absolute atomic E-state index is 12.0. The van der Waals surface area contributed by atoms with E-state index in [1.165, 1.54) is 12.1 Å². The molecule has 1 aliphatic heterocycles. The van der Waals surface area contributed by atoms with Crippen molar-refractivity contribution in [1.82, 2.24) is 0 Å². The molecule has 0 spiro atoms. The molecule has 1 aromatic rings. The van der Waals surface area contributed by atoms with Gasteiger partial charge in [-0.05, 0) is 17.7 Å². The van der Waals surface area contributed by atoms with Crippen molar-refractivity contribution in [3.8, 4) is 0 Å². The lowest BCUT2D eigenvalue weighted by Gasteiger charge is -2.26. The van der Waals surface area contributed by atoms with Crippen LogP contribution in [-0.4, -0.2) is 25.3 Å². The molecule has 1 aromatic carbocycles. The first kappa shape index (κ1) is 11.9. The van der Waals surface area contributed by atoms with E-state index in [0.29, 0.717) is 19.1 Å². The van der Waals surface area contributed by atoms with Crippen molar-refractivity contribution >= 4 is 11.6 Å². The minimum atomic E-state index is -4.86. The average molecular weight is 245 g/mol. The zero-order valence-electron chi connectivity index (χ0n) is 8.75. The lowest BCUT2D eigenvalue weighted by molar-refractivity contribution is -0.167. The number of halogens is 3. The van der Waals surface area contributed by atoms with Gasteiger partial charge in [-0.1, -0.05) is 12.1 Å². The molecular formula is C11H10F3NO2. The van der Waals surface area contributed by atoms with Gasteiger partial charge in [0.1, 0.15) is 0 Å². The summed E-state index contributed by atoms with van der Waals surface area (Å²) in [5, 5.41) is 1.79. The summed E-state index contributed by atoms with van der Waals surface area (Å²) in [6.45, 7) is 1.27. The van der Waals surface area contributed by atoms with Gasteiger partial charge >= 0.3 is 12.1 Å². The molecule has 1 amide bonds. The highest BCUT2D eigenvalue weighted by atomic mass is 19.4. The van der Waals surface area contributed by atoms with Crippen LogP contribution in [0.5, 0.6) is 0 Å². The Morgan fingerprint density at radius 1 is 1.24 bits per heavy atom. The molecule has 1 fully saturated rings. The lowest BCUT2D eigenvalue weighted by atomic mass is 9.97. The Morgan fingerprint density at radius 2 is 1.82 bits per heavy atom. The van der Waals surface area contributed by atoms with E-state index in [2.05, 4.69) is 0 Å². The van der Waals surface area contributed by atoms with E-state index in [4.69, 9.17) is 4.74 Å². The number of anilines is 1. The standard InChI is InChI=1S/C11H10F3NO2/c12-11(13,14)10(16)15-9-3-1-7(2-4-9)8-5-17-6-8/h1-4,8H,5-6H2,(H,15,16). The van der Waals surface area contributed by atoms with Gasteiger partial charge in [0.05, 0.1) is 13.2 Å². The number of carbonyl (C=O) groups excluding carboxylic acids is 1. The first-order valence-corrected chi connectivity index (χ1v) is 5.02. The average Bonchev–Trinajstić information content (AvgIpc) is 2.16. The fraction of sp³-hybridized carbons (Fsp3) is 0.364. The maximum atomic E-state index is 12.0. The van der Waals surface area contributed by atoms with E-state index in [0.717, 1.165) is 5.56 Å². The van der Waals surface area contributed by atoms with Crippen LogP contribution in [0.15, 0.2) is 24.3 Å². The van der Waals surface area contributed by atoms with Crippen molar-refractivity contribution in [2.45, 2.75) is 12.1 Å². The summed E-state index contributed by atoms with van der Waals surface area (Å²) >= 11 is 0. The third-order valence-corrected chi connectivity index (χ3v) is 2.54. The van der Waals surface area contributed by atoms with E-state index in [1.54, 1.807) is 17.4 Å². The Balaban J connectivity index is 2.00. The lowest BCUT2D eigenvalue weighted by Crippen LogP contribution is -2.30. The van der Waals surface area contributed by atoms with Crippen LogP contribution >= 0.6 is 0 Å². The molecule has 0 atom stereocenters. The first-order valence-electron chi connectivity index (χ1n) is 5.02. The predicted octanol–water partition coefficient (Wildman–Crippen LogP) is 2.30. The summed E-state index contributed by atoms with van der Waals surface area (Å²) in [5.74, 6) is -1.65. The van der Waals surface area contributed by atoms with Crippen molar-refractivity contribution in [2.75, 3.05) is 18.5 Å². The van der Waals surface area contributed by atoms with Crippen molar-refractivity contribution < 1.29 is 22.7 Å². The summed E-state index contributed by atoms with van der Waals surface area (Å²) in [5.41, 5.74) is 1.14. The van der Waals surface area contributed by atoms with Gasteiger partial charge in [-0.15, -0.1) is 0 Å². The van der Waals surface area contributed by atoms with Gasteiger partial charge in [0.2, 0.25) is 0 Å². The van der Waals surface area contributed by atoms with Crippen LogP contribution in [0.2, 0.25) is 0 Å². The van der Waals surface area contributed by atoms with Gasteiger partial charge in [0.25, 0.3) is 0 Å². The SMILES string of the molecule is O=C(Nc1ccc(C2COC2)cc1)C(F)(F)F. The summed E-state index contributed by atoms with van der Waals surface area (Å²) in [4.78, 5) is 10.7. The monoisotopic (exact) mass is 245 g/mol. The summed E-state index contributed by atoms with van der Waals surface area (Å²) in [6.07, 6.45) is -4.86. The van der Waals surface area contributed by atoms with Gasteiger partial charge in [0.15, 0.2) is 0 Å². The van der Waals surface area contributed by atoms with Crippen LogP contribution in [0.4, 0.5) is 18.9 Å². The van der Waals surface area contributed by atoms with E-state index >= 15 is 0 Å². The number of nitrogens with one attached hydrogen (secondary N) is 1. The smallest absolute Gasteiger partial charge is 0.380 e. The molecule has 0 bridgehead atoms. The van der Waals surface area contributed by atoms with Gasteiger partial charge in [-0.2, -0.15) is 13.2 Å². The topological polar surface area (TPSA) is 38.3 Å². The number of hydrogen-bond acceptors (Lipinski definition) is 2. The minimum absolute atomic E-state index is 0.135. The van der Waals surface area contributed by atoms with Crippen molar-refractivity contribution in [1.29, 1.82) is 0 Å². The summed E-state index contributed by atoms with van der Waals surface area (Å²) < 4.78 is 40.9. The zero-order valence-corrected chi connectivity index (χ0v) is 8.75. The van der Waals surface area contributed by atoms with E-state index in [-0.39, 0.29) is 5.69 Å². The zero-order chi connectivity index (χ0) is 12.5. The second-order valence-corrected chi connectivity index (χ2v) is 3.81. The fourth-order valence-electron chi connectivity index (χ4n) is 1.47. The molecule has 2 rings (SSSR count). The predicted molar refractivity (Wildman–Crippen MR) is 54.7 cm³/mol. The second kappa shape index (κ2) is 4.37. The molecule has 0 radical (unpaired) electrons. The van der Waals surface area contributed by atoms with Gasteiger partial charge in [0, 0.05) is 11.6 Å². The van der Waals surface area contributed by atoms with Crippen LogP contribution in [0.3, 0.4) is 0 Å². The van der Waals surface area contributed by atoms with Crippen molar-refractivity contribution in [2.24, 2.45) is 0 Å². The van der Waals surface area contributed by atoms with Gasteiger partial charge in [-0.25, -0.2) is 0 Å². The summed E-state index contributed by atoms with van der Waals surface area (Å²) in [7, 11) is 0. The van der Waals surface area contributed by atoms with Crippen LogP contribution in [-0.2, 0) is 9.53 Å². The molecule has 0 saturated carbocycles. The third-order valence-electron chi connectivity index (χ3n) is 2.54. The van der Waals surface area contributed by atoms with Crippen LogP contribution in [0.25, 0.3) is 0 Å². The molecule has 0 unspecified atom stereocenters. The number of ether oxygens (including phenoxy) is 1. The normalized spacial score (nSPS) is 16.4. The largest absolute Gasteiger partial charge is 0.471 e. The summed E-state index contributed by atoms with van der Waals surface area (Å²) in [6, 6.07) is 6.30. The van der Waals surface area contributed by atoms with E-state index in [9.17, 15) is 18.0 Å².